The smallest absolute Gasteiger partial charge is 0.330 e. The summed E-state index contributed by atoms with van der Waals surface area (Å²) in [5, 5.41) is 4.42. The molecule has 6 heteroatoms. The third-order valence-electron chi connectivity index (χ3n) is 1.95. The topological polar surface area (TPSA) is 56.5 Å². The Morgan fingerprint density at radius 2 is 2.38 bits per heavy atom. The van der Waals surface area contributed by atoms with Gasteiger partial charge in [0, 0.05) is 6.08 Å². The second kappa shape index (κ2) is 4.32. The fourth-order valence-electron chi connectivity index (χ4n) is 1.20. The second-order valence-corrected chi connectivity index (χ2v) is 3.35. The van der Waals surface area contributed by atoms with E-state index in [-0.39, 0.29) is 0 Å². The third-order valence-corrected chi connectivity index (χ3v) is 2.15. The molecule has 0 N–H and O–H groups in total. The van der Waals surface area contributed by atoms with Gasteiger partial charge in [-0.25, -0.2) is 14.3 Å². The number of rotatable bonds is 2. The fraction of sp³-hybridized carbons (Fsp3) is 0.100. The standard InChI is InChI=1S/C10H8ClN3O2/c1-16-10(15)5-2-7-6-12-9-4-3-8(11)13-14(7)9/h2-6H,1H3. The van der Waals surface area contributed by atoms with Crippen molar-refractivity contribution in [1.82, 2.24) is 14.6 Å². The number of carbonyl (C=O) groups is 1. The predicted octanol–water partition coefficient (Wildman–Crippen LogP) is 1.57. The largest absolute Gasteiger partial charge is 0.466 e. The summed E-state index contributed by atoms with van der Waals surface area (Å²) in [5.41, 5.74) is 1.32. The summed E-state index contributed by atoms with van der Waals surface area (Å²) < 4.78 is 6.03. The molecule has 0 aromatic carbocycles. The molecule has 0 fully saturated rings. The van der Waals surface area contributed by atoms with E-state index in [0.717, 1.165) is 0 Å². The van der Waals surface area contributed by atoms with Gasteiger partial charge in [-0.2, -0.15) is 5.10 Å². The van der Waals surface area contributed by atoms with Crippen LogP contribution in [0.1, 0.15) is 5.69 Å². The van der Waals surface area contributed by atoms with Gasteiger partial charge in [0.05, 0.1) is 19.0 Å². The number of imidazole rings is 1. The molecule has 2 heterocycles. The second-order valence-electron chi connectivity index (χ2n) is 2.97. The normalized spacial score (nSPS) is 11.1. The lowest BCUT2D eigenvalue weighted by molar-refractivity contribution is -0.134. The SMILES string of the molecule is COC(=O)C=Cc1cnc2ccc(Cl)nn12. The fourth-order valence-corrected chi connectivity index (χ4v) is 1.34. The van der Waals surface area contributed by atoms with E-state index >= 15 is 0 Å². The first-order valence-corrected chi connectivity index (χ1v) is 4.85. The van der Waals surface area contributed by atoms with Crippen molar-refractivity contribution in [2.75, 3.05) is 7.11 Å². The Hall–Kier alpha value is -1.88. The molecular weight excluding hydrogens is 230 g/mol. The van der Waals surface area contributed by atoms with E-state index in [4.69, 9.17) is 11.6 Å². The van der Waals surface area contributed by atoms with Crippen LogP contribution in [0.5, 0.6) is 0 Å². The van der Waals surface area contributed by atoms with Gasteiger partial charge >= 0.3 is 5.97 Å². The van der Waals surface area contributed by atoms with Gasteiger partial charge in [-0.15, -0.1) is 0 Å². The summed E-state index contributed by atoms with van der Waals surface area (Å²) in [4.78, 5) is 15.0. The van der Waals surface area contributed by atoms with Crippen molar-refractivity contribution in [1.29, 1.82) is 0 Å². The Bertz CT molecular complexity index is 562. The lowest BCUT2D eigenvalue weighted by Crippen LogP contribution is -1.96. The molecule has 0 aliphatic rings. The molecule has 82 valence electrons. The van der Waals surface area contributed by atoms with Crippen molar-refractivity contribution in [3.8, 4) is 0 Å². The average Bonchev–Trinajstić information content (AvgIpc) is 2.68. The molecule has 0 radical (unpaired) electrons. The minimum Gasteiger partial charge on any atom is -0.466 e. The number of ether oxygens (including phenoxy) is 1. The molecule has 0 unspecified atom stereocenters. The number of hydrogen-bond donors (Lipinski definition) is 0. The maximum Gasteiger partial charge on any atom is 0.330 e. The van der Waals surface area contributed by atoms with Crippen LogP contribution >= 0.6 is 11.6 Å². The summed E-state index contributed by atoms with van der Waals surface area (Å²) in [6, 6.07) is 3.39. The van der Waals surface area contributed by atoms with Gasteiger partial charge < -0.3 is 4.74 Å². The lowest BCUT2D eigenvalue weighted by Gasteiger charge is -1.95. The van der Waals surface area contributed by atoms with Crippen LogP contribution in [0.3, 0.4) is 0 Å². The van der Waals surface area contributed by atoms with Crippen LogP contribution in [0, 0.1) is 0 Å². The van der Waals surface area contributed by atoms with E-state index in [0.29, 0.717) is 16.5 Å². The maximum absolute atomic E-state index is 10.9. The van der Waals surface area contributed by atoms with E-state index in [1.807, 2.05) is 0 Å². The van der Waals surface area contributed by atoms with Gasteiger partial charge in [0.2, 0.25) is 0 Å². The van der Waals surface area contributed by atoms with Crippen LogP contribution in [0.4, 0.5) is 0 Å². The van der Waals surface area contributed by atoms with E-state index in [9.17, 15) is 4.79 Å². The summed E-state index contributed by atoms with van der Waals surface area (Å²) in [7, 11) is 1.32. The monoisotopic (exact) mass is 237 g/mol. The molecule has 0 aliphatic heterocycles. The molecule has 2 aromatic rings. The first-order chi connectivity index (χ1) is 7.70. The van der Waals surface area contributed by atoms with Crippen LogP contribution < -0.4 is 0 Å². The number of hydrogen-bond acceptors (Lipinski definition) is 4. The molecule has 0 aliphatic carbocycles. The van der Waals surface area contributed by atoms with Crippen LogP contribution in [-0.4, -0.2) is 27.7 Å². The van der Waals surface area contributed by atoms with Gasteiger partial charge in [-0.05, 0) is 18.2 Å². The van der Waals surface area contributed by atoms with Gasteiger partial charge in [0.25, 0.3) is 0 Å². The van der Waals surface area contributed by atoms with Crippen LogP contribution in [0.2, 0.25) is 5.15 Å². The van der Waals surface area contributed by atoms with E-state index in [1.54, 1.807) is 28.9 Å². The number of nitrogens with zero attached hydrogens (tertiary/aromatic N) is 3. The van der Waals surface area contributed by atoms with Crippen molar-refractivity contribution in [3.63, 3.8) is 0 Å². The summed E-state index contributed by atoms with van der Waals surface area (Å²) in [5.74, 6) is -0.433. The zero-order valence-electron chi connectivity index (χ0n) is 8.42. The lowest BCUT2D eigenvalue weighted by atomic mass is 10.4. The molecule has 0 spiro atoms. The van der Waals surface area contributed by atoms with Crippen LogP contribution in [0.15, 0.2) is 24.4 Å². The van der Waals surface area contributed by atoms with Crippen molar-refractivity contribution in [2.24, 2.45) is 0 Å². The van der Waals surface area contributed by atoms with Crippen LogP contribution in [-0.2, 0) is 9.53 Å². The summed E-state index contributed by atoms with van der Waals surface area (Å²) in [6.45, 7) is 0. The van der Waals surface area contributed by atoms with Crippen molar-refractivity contribution in [2.45, 2.75) is 0 Å². The average molecular weight is 238 g/mol. The molecular formula is C10H8ClN3O2. The van der Waals surface area contributed by atoms with Crippen molar-refractivity contribution in [3.05, 3.63) is 35.3 Å². The van der Waals surface area contributed by atoms with Gasteiger partial charge in [-0.3, -0.25) is 0 Å². The number of esters is 1. The van der Waals surface area contributed by atoms with E-state index < -0.39 is 5.97 Å². The maximum atomic E-state index is 10.9. The zero-order valence-corrected chi connectivity index (χ0v) is 9.18. The number of methoxy groups -OCH3 is 1. The first kappa shape index (κ1) is 10.6. The highest BCUT2D eigenvalue weighted by molar-refractivity contribution is 6.29. The number of fused-ring (bicyclic) bond motifs is 1. The Labute approximate surface area is 96.3 Å². The van der Waals surface area contributed by atoms with Crippen LogP contribution in [0.25, 0.3) is 11.7 Å². The minimum atomic E-state index is -0.433. The molecule has 0 saturated heterocycles. The highest BCUT2D eigenvalue weighted by Gasteiger charge is 2.02. The van der Waals surface area contributed by atoms with E-state index in [2.05, 4.69) is 14.8 Å². The number of halogens is 1. The Morgan fingerprint density at radius 3 is 3.12 bits per heavy atom. The Balaban J connectivity index is 2.41. The van der Waals surface area contributed by atoms with Gasteiger partial charge in [0.15, 0.2) is 5.65 Å². The van der Waals surface area contributed by atoms with Crippen molar-refractivity contribution >= 4 is 29.3 Å². The summed E-state index contributed by atoms with van der Waals surface area (Å²) in [6.07, 6.45) is 4.46. The molecule has 2 rings (SSSR count). The molecule has 5 nitrogen and oxygen atoms in total. The third kappa shape index (κ3) is 2.04. The molecule has 0 saturated carbocycles. The summed E-state index contributed by atoms with van der Waals surface area (Å²) >= 11 is 5.76. The highest BCUT2D eigenvalue weighted by atomic mass is 35.5. The van der Waals surface area contributed by atoms with Gasteiger partial charge in [0.1, 0.15) is 5.15 Å². The van der Waals surface area contributed by atoms with Gasteiger partial charge in [-0.1, -0.05) is 11.6 Å². The molecule has 16 heavy (non-hydrogen) atoms. The minimum absolute atomic E-state index is 0.359. The number of carbonyl (C=O) groups excluding carboxylic acids is 1. The molecule has 0 atom stereocenters. The quantitative estimate of drug-likeness (QED) is 0.588. The highest BCUT2D eigenvalue weighted by Crippen LogP contribution is 2.10. The van der Waals surface area contributed by atoms with Crippen molar-refractivity contribution < 1.29 is 9.53 Å². The predicted molar refractivity (Wildman–Crippen MR) is 59.0 cm³/mol. The number of aromatic nitrogens is 3. The Kier molecular flexibility index (Phi) is 2.87. The molecule has 0 amide bonds. The Morgan fingerprint density at radius 1 is 1.56 bits per heavy atom. The molecule has 2 aromatic heterocycles. The zero-order chi connectivity index (χ0) is 11.5. The van der Waals surface area contributed by atoms with E-state index in [1.165, 1.54) is 13.2 Å². The first-order valence-electron chi connectivity index (χ1n) is 4.47. The molecule has 0 bridgehead atoms.